The van der Waals surface area contributed by atoms with Crippen molar-refractivity contribution in [1.82, 2.24) is 14.9 Å². The molecule has 8 heteroatoms. The lowest BCUT2D eigenvalue weighted by Gasteiger charge is -2.29. The molecule has 1 fully saturated rings. The predicted molar refractivity (Wildman–Crippen MR) is 100 cm³/mol. The highest BCUT2D eigenvalue weighted by Gasteiger charge is 2.25. The molecule has 128 valence electrons. The molecule has 2 N–H and O–H groups in total. The van der Waals surface area contributed by atoms with Crippen molar-refractivity contribution >= 4 is 51.6 Å². The minimum Gasteiger partial charge on any atom is -0.440 e. The molecule has 0 atom stereocenters. The molecule has 1 aliphatic heterocycles. The van der Waals surface area contributed by atoms with Crippen LogP contribution in [0.3, 0.4) is 0 Å². The van der Waals surface area contributed by atoms with E-state index in [1.807, 2.05) is 24.4 Å². The monoisotopic (exact) mass is 384 g/mol. The molecule has 0 aliphatic carbocycles. The van der Waals surface area contributed by atoms with Crippen molar-refractivity contribution < 1.29 is 4.42 Å². The van der Waals surface area contributed by atoms with Crippen LogP contribution in [0.25, 0.3) is 11.1 Å². The maximum Gasteiger partial charge on any atom is 0.198 e. The Morgan fingerprint density at radius 1 is 1.33 bits per heavy atom. The van der Waals surface area contributed by atoms with Gasteiger partial charge in [0.1, 0.15) is 5.52 Å². The van der Waals surface area contributed by atoms with Crippen molar-refractivity contribution in [3.63, 3.8) is 0 Å². The molecule has 0 radical (unpaired) electrons. The SMILES string of the molecule is Cl.Nc1ncc(CN2CCC(c3nc4cc(Cl)ccc4o3)CC2)s1. The van der Waals surface area contributed by atoms with Crippen LogP contribution in [0.4, 0.5) is 5.13 Å². The molecule has 0 unspecified atom stereocenters. The number of rotatable bonds is 3. The van der Waals surface area contributed by atoms with Crippen LogP contribution >= 0.6 is 35.3 Å². The molecule has 1 aromatic carbocycles. The fraction of sp³-hybridized carbons (Fsp3) is 0.375. The van der Waals surface area contributed by atoms with Crippen molar-refractivity contribution in [2.24, 2.45) is 0 Å². The Hall–Kier alpha value is -1.34. The number of oxazole rings is 1. The number of benzene rings is 1. The number of fused-ring (bicyclic) bond motifs is 1. The first-order valence-electron chi connectivity index (χ1n) is 7.66. The zero-order valence-corrected chi connectivity index (χ0v) is 15.3. The van der Waals surface area contributed by atoms with E-state index >= 15 is 0 Å². The molecule has 0 saturated carbocycles. The number of hydrogen-bond acceptors (Lipinski definition) is 6. The van der Waals surface area contributed by atoms with Crippen LogP contribution in [-0.4, -0.2) is 28.0 Å². The van der Waals surface area contributed by atoms with Gasteiger partial charge in [0.05, 0.1) is 0 Å². The molecule has 4 rings (SSSR count). The first-order valence-corrected chi connectivity index (χ1v) is 8.85. The second-order valence-electron chi connectivity index (χ2n) is 5.88. The van der Waals surface area contributed by atoms with E-state index < -0.39 is 0 Å². The maximum absolute atomic E-state index is 6.01. The zero-order chi connectivity index (χ0) is 15.8. The Balaban J connectivity index is 0.00000169. The van der Waals surface area contributed by atoms with Gasteiger partial charge in [-0.1, -0.05) is 11.6 Å². The van der Waals surface area contributed by atoms with Gasteiger partial charge in [0.2, 0.25) is 0 Å². The Morgan fingerprint density at radius 2 is 2.12 bits per heavy atom. The standard InChI is InChI=1S/C16H17ClN4OS.ClH/c17-11-1-2-14-13(7-11)20-15(22-14)10-3-5-21(6-4-10)9-12-8-19-16(18)23-12;/h1-2,7-8,10H,3-6,9H2,(H2,18,19);1H. The molecule has 3 heterocycles. The van der Waals surface area contributed by atoms with Crippen molar-refractivity contribution in [1.29, 1.82) is 0 Å². The second-order valence-corrected chi connectivity index (χ2v) is 7.46. The van der Waals surface area contributed by atoms with Crippen molar-refractivity contribution in [3.05, 3.63) is 40.2 Å². The van der Waals surface area contributed by atoms with E-state index in [1.54, 1.807) is 11.3 Å². The summed E-state index contributed by atoms with van der Waals surface area (Å²) >= 11 is 7.57. The molecule has 5 nitrogen and oxygen atoms in total. The van der Waals surface area contributed by atoms with Gasteiger partial charge in [-0.3, -0.25) is 4.90 Å². The molecule has 1 aliphatic rings. The van der Waals surface area contributed by atoms with Gasteiger partial charge in [0.25, 0.3) is 0 Å². The van der Waals surface area contributed by atoms with Gasteiger partial charge in [-0.05, 0) is 44.1 Å². The molecular weight excluding hydrogens is 367 g/mol. The third-order valence-corrected chi connectivity index (χ3v) is 5.30. The minimum absolute atomic E-state index is 0. The summed E-state index contributed by atoms with van der Waals surface area (Å²) in [7, 11) is 0. The van der Waals surface area contributed by atoms with E-state index in [1.165, 1.54) is 4.88 Å². The Morgan fingerprint density at radius 3 is 2.83 bits per heavy atom. The van der Waals surface area contributed by atoms with Gasteiger partial charge in [0.15, 0.2) is 16.6 Å². The topological polar surface area (TPSA) is 68.2 Å². The van der Waals surface area contributed by atoms with Crippen LogP contribution in [0.1, 0.15) is 29.5 Å². The lowest BCUT2D eigenvalue weighted by molar-refractivity contribution is 0.195. The Bertz CT molecular complexity index is 826. The van der Waals surface area contributed by atoms with Crippen molar-refractivity contribution in [2.75, 3.05) is 18.8 Å². The molecule has 0 bridgehead atoms. The van der Waals surface area contributed by atoms with E-state index in [4.69, 9.17) is 21.8 Å². The molecule has 0 spiro atoms. The van der Waals surface area contributed by atoms with Crippen LogP contribution in [-0.2, 0) is 6.54 Å². The van der Waals surface area contributed by atoms with Gasteiger partial charge in [-0.15, -0.1) is 23.7 Å². The van der Waals surface area contributed by atoms with Gasteiger partial charge in [-0.25, -0.2) is 9.97 Å². The molecular formula is C16H18Cl2N4OS. The predicted octanol–water partition coefficient (Wildman–Crippen LogP) is 4.32. The van der Waals surface area contributed by atoms with E-state index in [2.05, 4.69) is 14.9 Å². The Labute approximate surface area is 155 Å². The van der Waals surface area contributed by atoms with Crippen LogP contribution in [0.15, 0.2) is 28.8 Å². The fourth-order valence-corrected chi connectivity index (χ4v) is 3.94. The smallest absolute Gasteiger partial charge is 0.198 e. The van der Waals surface area contributed by atoms with Crippen LogP contribution in [0, 0.1) is 0 Å². The summed E-state index contributed by atoms with van der Waals surface area (Å²) in [5.41, 5.74) is 7.34. The van der Waals surface area contributed by atoms with Gasteiger partial charge < -0.3 is 10.2 Å². The summed E-state index contributed by atoms with van der Waals surface area (Å²) in [6, 6.07) is 5.58. The average molecular weight is 385 g/mol. The van der Waals surface area contributed by atoms with Gasteiger partial charge in [0, 0.05) is 28.6 Å². The number of hydrogen-bond donors (Lipinski definition) is 1. The Kier molecular flexibility index (Phi) is 5.30. The largest absolute Gasteiger partial charge is 0.440 e. The van der Waals surface area contributed by atoms with E-state index in [0.29, 0.717) is 16.1 Å². The first-order chi connectivity index (χ1) is 11.2. The first kappa shape index (κ1) is 17.5. The summed E-state index contributed by atoms with van der Waals surface area (Å²) in [5, 5.41) is 1.33. The molecule has 1 saturated heterocycles. The van der Waals surface area contributed by atoms with Crippen molar-refractivity contribution in [3.8, 4) is 0 Å². The third-order valence-electron chi connectivity index (χ3n) is 4.25. The van der Waals surface area contributed by atoms with Crippen LogP contribution in [0.5, 0.6) is 0 Å². The number of thiazole rings is 1. The number of aromatic nitrogens is 2. The number of likely N-dealkylation sites (tertiary alicyclic amines) is 1. The van der Waals surface area contributed by atoms with E-state index in [9.17, 15) is 0 Å². The summed E-state index contributed by atoms with van der Waals surface area (Å²) in [5.74, 6) is 1.22. The number of piperidine rings is 1. The van der Waals surface area contributed by atoms with Gasteiger partial charge in [-0.2, -0.15) is 0 Å². The average Bonchev–Trinajstić information content (AvgIpc) is 3.14. The zero-order valence-electron chi connectivity index (χ0n) is 12.9. The number of nitrogen functional groups attached to an aromatic ring is 1. The molecule has 24 heavy (non-hydrogen) atoms. The quantitative estimate of drug-likeness (QED) is 0.727. The maximum atomic E-state index is 6.01. The van der Waals surface area contributed by atoms with Crippen LogP contribution in [0.2, 0.25) is 5.02 Å². The number of anilines is 1. The molecule has 3 aromatic rings. The summed E-state index contributed by atoms with van der Waals surface area (Å²) in [6.45, 7) is 2.98. The lowest BCUT2D eigenvalue weighted by Crippen LogP contribution is -2.32. The third kappa shape index (κ3) is 3.67. The summed E-state index contributed by atoms with van der Waals surface area (Å²) in [6.07, 6.45) is 3.97. The highest BCUT2D eigenvalue weighted by molar-refractivity contribution is 7.15. The number of nitrogens with two attached hydrogens (primary N) is 1. The fourth-order valence-electron chi connectivity index (χ4n) is 3.05. The number of halogens is 2. The summed E-state index contributed by atoms with van der Waals surface area (Å²) in [4.78, 5) is 12.4. The normalized spacial score (nSPS) is 16.4. The molecule has 2 aromatic heterocycles. The van der Waals surface area contributed by atoms with E-state index in [0.717, 1.165) is 49.5 Å². The lowest BCUT2D eigenvalue weighted by atomic mass is 9.97. The highest BCUT2D eigenvalue weighted by atomic mass is 35.5. The second kappa shape index (κ2) is 7.27. The number of nitrogens with zero attached hydrogens (tertiary/aromatic N) is 3. The van der Waals surface area contributed by atoms with E-state index in [-0.39, 0.29) is 12.4 Å². The van der Waals surface area contributed by atoms with Gasteiger partial charge >= 0.3 is 0 Å². The minimum atomic E-state index is 0. The van der Waals surface area contributed by atoms with Crippen molar-refractivity contribution in [2.45, 2.75) is 25.3 Å². The highest BCUT2D eigenvalue weighted by Crippen LogP contribution is 2.31. The summed E-state index contributed by atoms with van der Waals surface area (Å²) < 4.78 is 5.91. The van der Waals surface area contributed by atoms with Crippen LogP contribution < -0.4 is 5.73 Å². The molecule has 0 amide bonds.